The molecule has 0 radical (unpaired) electrons. The quantitative estimate of drug-likeness (QED) is 0.720. The normalized spacial score (nSPS) is 37.5. The van der Waals surface area contributed by atoms with Gasteiger partial charge in [0, 0.05) is 11.6 Å². The molecule has 2 fully saturated rings. The molecule has 1 aliphatic carbocycles. The van der Waals surface area contributed by atoms with Gasteiger partial charge in [-0.25, -0.2) is 0 Å². The predicted octanol–water partition coefficient (Wildman–Crippen LogP) is 1.91. The van der Waals surface area contributed by atoms with Crippen molar-refractivity contribution >= 4 is 0 Å². The van der Waals surface area contributed by atoms with Crippen molar-refractivity contribution in [2.24, 2.45) is 5.92 Å². The predicted molar refractivity (Wildman–Crippen MR) is 60.4 cm³/mol. The SMILES string of the molecule is CC(C)CNC12CCCCC1NCC2. The molecule has 0 spiro atoms. The summed E-state index contributed by atoms with van der Waals surface area (Å²) >= 11 is 0. The lowest BCUT2D eigenvalue weighted by molar-refractivity contribution is 0.206. The molecular formula is C12H24N2. The zero-order valence-corrected chi connectivity index (χ0v) is 9.60. The van der Waals surface area contributed by atoms with E-state index in [9.17, 15) is 0 Å². The first kappa shape index (κ1) is 10.4. The second-order valence-corrected chi connectivity index (χ2v) is 5.43. The summed E-state index contributed by atoms with van der Waals surface area (Å²) in [5.41, 5.74) is 0.461. The van der Waals surface area contributed by atoms with Gasteiger partial charge in [-0.2, -0.15) is 0 Å². The smallest absolute Gasteiger partial charge is 0.0347 e. The summed E-state index contributed by atoms with van der Waals surface area (Å²) in [6, 6.07) is 0.759. The number of fused-ring (bicyclic) bond motifs is 1. The van der Waals surface area contributed by atoms with Crippen molar-refractivity contribution in [2.75, 3.05) is 13.1 Å². The van der Waals surface area contributed by atoms with Crippen molar-refractivity contribution in [1.82, 2.24) is 10.6 Å². The molecule has 2 N–H and O–H groups in total. The molecule has 2 unspecified atom stereocenters. The molecule has 0 aromatic heterocycles. The summed E-state index contributed by atoms with van der Waals surface area (Å²) in [5.74, 6) is 0.771. The summed E-state index contributed by atoms with van der Waals surface area (Å²) < 4.78 is 0. The Kier molecular flexibility index (Phi) is 3.13. The van der Waals surface area contributed by atoms with Gasteiger partial charge in [0.1, 0.15) is 0 Å². The van der Waals surface area contributed by atoms with Gasteiger partial charge in [0.15, 0.2) is 0 Å². The molecule has 2 heteroatoms. The fraction of sp³-hybridized carbons (Fsp3) is 1.00. The minimum Gasteiger partial charge on any atom is -0.312 e. The van der Waals surface area contributed by atoms with Crippen LogP contribution in [-0.4, -0.2) is 24.7 Å². The van der Waals surface area contributed by atoms with Gasteiger partial charge in [-0.1, -0.05) is 26.7 Å². The summed E-state index contributed by atoms with van der Waals surface area (Å²) in [6.45, 7) is 6.99. The third kappa shape index (κ3) is 1.96. The standard InChI is InChI=1S/C12H24N2/c1-10(2)9-14-12-6-4-3-5-11(12)13-8-7-12/h10-11,13-14H,3-9H2,1-2H3. The van der Waals surface area contributed by atoms with E-state index in [1.807, 2.05) is 0 Å². The van der Waals surface area contributed by atoms with Crippen LogP contribution in [0.1, 0.15) is 46.0 Å². The van der Waals surface area contributed by atoms with Crippen molar-refractivity contribution in [3.8, 4) is 0 Å². The van der Waals surface area contributed by atoms with Crippen molar-refractivity contribution < 1.29 is 0 Å². The van der Waals surface area contributed by atoms with Gasteiger partial charge >= 0.3 is 0 Å². The maximum absolute atomic E-state index is 3.83. The zero-order valence-electron chi connectivity index (χ0n) is 9.60. The number of nitrogens with one attached hydrogen (secondary N) is 2. The molecule has 1 aliphatic heterocycles. The highest BCUT2D eigenvalue weighted by molar-refractivity contribution is 5.06. The van der Waals surface area contributed by atoms with Crippen LogP contribution >= 0.6 is 0 Å². The molecule has 1 heterocycles. The lowest BCUT2D eigenvalue weighted by Crippen LogP contribution is -2.56. The van der Waals surface area contributed by atoms with Crippen molar-refractivity contribution in [1.29, 1.82) is 0 Å². The van der Waals surface area contributed by atoms with Gasteiger partial charge < -0.3 is 10.6 Å². The largest absolute Gasteiger partial charge is 0.312 e. The molecule has 1 saturated heterocycles. The molecule has 0 amide bonds. The van der Waals surface area contributed by atoms with Crippen LogP contribution in [-0.2, 0) is 0 Å². The molecular weight excluding hydrogens is 172 g/mol. The first-order valence-electron chi connectivity index (χ1n) is 6.21. The first-order valence-corrected chi connectivity index (χ1v) is 6.21. The minimum absolute atomic E-state index is 0.461. The summed E-state index contributed by atoms with van der Waals surface area (Å²) in [5, 5.41) is 7.49. The van der Waals surface area contributed by atoms with Crippen LogP contribution in [0.25, 0.3) is 0 Å². The van der Waals surface area contributed by atoms with Crippen LogP contribution in [0.5, 0.6) is 0 Å². The molecule has 82 valence electrons. The molecule has 2 nitrogen and oxygen atoms in total. The minimum atomic E-state index is 0.461. The molecule has 0 aromatic rings. The van der Waals surface area contributed by atoms with Crippen LogP contribution < -0.4 is 10.6 Å². The van der Waals surface area contributed by atoms with Gasteiger partial charge in [0.25, 0.3) is 0 Å². The van der Waals surface area contributed by atoms with Gasteiger partial charge in [0.05, 0.1) is 0 Å². The third-order valence-corrected chi connectivity index (χ3v) is 3.86. The van der Waals surface area contributed by atoms with E-state index < -0.39 is 0 Å². The van der Waals surface area contributed by atoms with Gasteiger partial charge in [-0.3, -0.25) is 0 Å². The van der Waals surface area contributed by atoms with E-state index in [1.54, 1.807) is 0 Å². The monoisotopic (exact) mass is 196 g/mol. The molecule has 0 aromatic carbocycles. The van der Waals surface area contributed by atoms with Crippen LogP contribution in [0.4, 0.5) is 0 Å². The van der Waals surface area contributed by atoms with E-state index in [1.165, 1.54) is 45.2 Å². The van der Waals surface area contributed by atoms with E-state index in [4.69, 9.17) is 0 Å². The van der Waals surface area contributed by atoms with Crippen molar-refractivity contribution in [2.45, 2.75) is 57.5 Å². The highest BCUT2D eigenvalue weighted by Gasteiger charge is 2.43. The highest BCUT2D eigenvalue weighted by atomic mass is 15.1. The van der Waals surface area contributed by atoms with E-state index in [0.717, 1.165) is 12.0 Å². The van der Waals surface area contributed by atoms with Gasteiger partial charge in [-0.15, -0.1) is 0 Å². The Morgan fingerprint density at radius 3 is 3.00 bits per heavy atom. The first-order chi connectivity index (χ1) is 6.73. The zero-order chi connectivity index (χ0) is 10.0. The van der Waals surface area contributed by atoms with Crippen LogP contribution in [0.15, 0.2) is 0 Å². The number of hydrogen-bond acceptors (Lipinski definition) is 2. The fourth-order valence-corrected chi connectivity index (χ4v) is 3.01. The number of hydrogen-bond donors (Lipinski definition) is 2. The third-order valence-electron chi connectivity index (χ3n) is 3.86. The van der Waals surface area contributed by atoms with E-state index in [2.05, 4.69) is 24.5 Å². The van der Waals surface area contributed by atoms with E-state index in [0.29, 0.717) is 5.54 Å². The lowest BCUT2D eigenvalue weighted by atomic mass is 9.78. The van der Waals surface area contributed by atoms with Gasteiger partial charge in [-0.05, 0) is 38.3 Å². The molecule has 2 aliphatic rings. The maximum atomic E-state index is 3.83. The fourth-order valence-electron chi connectivity index (χ4n) is 3.01. The van der Waals surface area contributed by atoms with Crippen LogP contribution in [0.3, 0.4) is 0 Å². The second kappa shape index (κ2) is 4.19. The van der Waals surface area contributed by atoms with Crippen molar-refractivity contribution in [3.05, 3.63) is 0 Å². The Balaban J connectivity index is 1.96. The summed E-state index contributed by atoms with van der Waals surface area (Å²) in [4.78, 5) is 0. The van der Waals surface area contributed by atoms with Crippen LogP contribution in [0, 0.1) is 5.92 Å². The molecule has 14 heavy (non-hydrogen) atoms. The Bertz CT molecular complexity index is 191. The average Bonchev–Trinajstić information content (AvgIpc) is 2.58. The Hall–Kier alpha value is -0.0800. The Morgan fingerprint density at radius 1 is 1.36 bits per heavy atom. The van der Waals surface area contributed by atoms with E-state index in [-0.39, 0.29) is 0 Å². The molecule has 0 bridgehead atoms. The average molecular weight is 196 g/mol. The number of rotatable bonds is 3. The second-order valence-electron chi connectivity index (χ2n) is 5.43. The van der Waals surface area contributed by atoms with Gasteiger partial charge in [0.2, 0.25) is 0 Å². The Labute approximate surface area is 87.8 Å². The van der Waals surface area contributed by atoms with Crippen LogP contribution in [0.2, 0.25) is 0 Å². The Morgan fingerprint density at radius 2 is 2.21 bits per heavy atom. The molecule has 1 saturated carbocycles. The molecule has 2 rings (SSSR count). The summed E-state index contributed by atoms with van der Waals surface area (Å²) in [6.07, 6.45) is 6.94. The van der Waals surface area contributed by atoms with Crippen molar-refractivity contribution in [3.63, 3.8) is 0 Å². The molecule has 2 atom stereocenters. The summed E-state index contributed by atoms with van der Waals surface area (Å²) in [7, 11) is 0. The highest BCUT2D eigenvalue weighted by Crippen LogP contribution is 2.34. The topological polar surface area (TPSA) is 24.1 Å². The lowest BCUT2D eigenvalue weighted by Gasteiger charge is -2.40. The maximum Gasteiger partial charge on any atom is 0.0347 e. The van der Waals surface area contributed by atoms with E-state index >= 15 is 0 Å².